The van der Waals surface area contributed by atoms with Crippen LogP contribution in [0.1, 0.15) is 22.8 Å². The predicted molar refractivity (Wildman–Crippen MR) is 66.0 cm³/mol. The first kappa shape index (κ1) is 12.6. The molecule has 1 heterocycles. The second-order valence-corrected chi connectivity index (χ2v) is 4.07. The van der Waals surface area contributed by atoms with Crippen molar-refractivity contribution in [2.45, 2.75) is 13.3 Å². The highest BCUT2D eigenvalue weighted by Crippen LogP contribution is 2.29. The second kappa shape index (κ2) is 5.18. The highest BCUT2D eigenvalue weighted by atomic mass is 16.5. The average molecular weight is 249 g/mol. The summed E-state index contributed by atoms with van der Waals surface area (Å²) < 4.78 is 5.23. The molecule has 0 saturated heterocycles. The van der Waals surface area contributed by atoms with Crippen LogP contribution in [-0.2, 0) is 16.0 Å². The van der Waals surface area contributed by atoms with Crippen molar-refractivity contribution in [2.75, 3.05) is 24.7 Å². The summed E-state index contributed by atoms with van der Waals surface area (Å²) in [5, 5.41) is 8.95. The van der Waals surface area contributed by atoms with Crippen LogP contribution in [0.2, 0.25) is 0 Å². The topological polar surface area (TPSA) is 66.8 Å². The van der Waals surface area contributed by atoms with Gasteiger partial charge in [-0.2, -0.15) is 0 Å². The van der Waals surface area contributed by atoms with Crippen LogP contribution in [0.25, 0.3) is 0 Å². The van der Waals surface area contributed by atoms with Gasteiger partial charge in [-0.15, -0.1) is 0 Å². The van der Waals surface area contributed by atoms with Gasteiger partial charge in [0.05, 0.1) is 18.6 Å². The number of nitrogens with zero attached hydrogens (tertiary/aromatic N) is 1. The quantitative estimate of drug-likeness (QED) is 0.799. The molecule has 1 N–H and O–H groups in total. The number of fused-ring (bicyclic) bond motifs is 1. The van der Waals surface area contributed by atoms with Gasteiger partial charge in [0.25, 0.3) is 0 Å². The van der Waals surface area contributed by atoms with E-state index in [1.54, 1.807) is 17.0 Å². The summed E-state index contributed by atoms with van der Waals surface area (Å²) in [6.07, 6.45) is 0.335. The Labute approximate surface area is 105 Å². The van der Waals surface area contributed by atoms with E-state index in [-0.39, 0.29) is 11.5 Å². The first-order chi connectivity index (χ1) is 8.63. The number of carboxylic acids is 1. The Bertz CT molecular complexity index is 484. The van der Waals surface area contributed by atoms with Crippen molar-refractivity contribution in [3.63, 3.8) is 0 Å². The summed E-state index contributed by atoms with van der Waals surface area (Å²) in [4.78, 5) is 24.3. The minimum atomic E-state index is -0.984. The van der Waals surface area contributed by atoms with Crippen molar-refractivity contribution >= 4 is 17.6 Å². The third kappa shape index (κ3) is 2.36. The van der Waals surface area contributed by atoms with Gasteiger partial charge in [-0.05, 0) is 24.6 Å². The molecule has 5 heteroatoms. The maximum atomic E-state index is 11.8. The van der Waals surface area contributed by atoms with Gasteiger partial charge >= 0.3 is 5.97 Å². The lowest BCUT2D eigenvalue weighted by Gasteiger charge is -2.17. The number of hydrogen-bond acceptors (Lipinski definition) is 3. The molecule has 0 radical (unpaired) electrons. The molecule has 0 fully saturated rings. The molecular weight excluding hydrogens is 234 g/mol. The number of carbonyl (C=O) groups excluding carboxylic acids is 1. The van der Waals surface area contributed by atoms with Crippen LogP contribution in [-0.4, -0.2) is 36.7 Å². The Balaban J connectivity index is 2.22. The van der Waals surface area contributed by atoms with Crippen LogP contribution in [0, 0.1) is 0 Å². The fourth-order valence-electron chi connectivity index (χ4n) is 2.04. The number of carbonyl (C=O) groups is 2. The number of rotatable bonds is 5. The molecule has 2 rings (SSSR count). The van der Waals surface area contributed by atoms with E-state index >= 15 is 0 Å². The minimum Gasteiger partial charge on any atom is -0.478 e. The molecular formula is C13H15NO4. The Morgan fingerprint density at radius 2 is 2.28 bits per heavy atom. The minimum absolute atomic E-state index is 0.00718. The van der Waals surface area contributed by atoms with Crippen molar-refractivity contribution in [1.82, 2.24) is 0 Å². The van der Waals surface area contributed by atoms with Crippen molar-refractivity contribution in [3.8, 4) is 0 Å². The Morgan fingerprint density at radius 1 is 1.50 bits per heavy atom. The number of aromatic carboxylic acids is 1. The van der Waals surface area contributed by atoms with E-state index in [0.29, 0.717) is 31.9 Å². The molecule has 0 saturated carbocycles. The van der Waals surface area contributed by atoms with Crippen molar-refractivity contribution in [3.05, 3.63) is 29.3 Å². The third-order valence-electron chi connectivity index (χ3n) is 2.93. The second-order valence-electron chi connectivity index (χ2n) is 4.07. The number of amides is 1. The first-order valence-electron chi connectivity index (χ1n) is 5.87. The Hall–Kier alpha value is -1.88. The molecule has 0 bridgehead atoms. The number of hydrogen-bond donors (Lipinski definition) is 1. The van der Waals surface area contributed by atoms with Gasteiger partial charge in [-0.25, -0.2) is 4.79 Å². The lowest BCUT2D eigenvalue weighted by atomic mass is 10.1. The molecule has 1 aliphatic rings. The van der Waals surface area contributed by atoms with Gasteiger partial charge in [0.2, 0.25) is 5.91 Å². The highest BCUT2D eigenvalue weighted by molar-refractivity contribution is 6.03. The fourth-order valence-corrected chi connectivity index (χ4v) is 2.04. The standard InChI is InChI=1S/C13H15NO4/c1-2-18-6-5-14-11-7-10(13(16)17)4-3-9(11)8-12(14)15/h3-4,7H,2,5-6,8H2,1H3,(H,16,17). The smallest absolute Gasteiger partial charge is 0.335 e. The van der Waals surface area contributed by atoms with Crippen LogP contribution < -0.4 is 4.90 Å². The van der Waals surface area contributed by atoms with Gasteiger partial charge in [0, 0.05) is 18.8 Å². The van der Waals surface area contributed by atoms with Crippen LogP contribution in [0.15, 0.2) is 18.2 Å². The normalized spacial score (nSPS) is 13.8. The molecule has 1 aromatic rings. The summed E-state index contributed by atoms with van der Waals surface area (Å²) in [7, 11) is 0. The maximum Gasteiger partial charge on any atom is 0.335 e. The van der Waals surface area contributed by atoms with E-state index in [0.717, 1.165) is 5.56 Å². The molecule has 1 amide bonds. The monoisotopic (exact) mass is 249 g/mol. The summed E-state index contributed by atoms with van der Waals surface area (Å²) in [5.74, 6) is -0.992. The zero-order valence-corrected chi connectivity index (χ0v) is 10.2. The number of carboxylic acid groups (broad SMARTS) is 1. The zero-order valence-electron chi connectivity index (χ0n) is 10.2. The van der Waals surface area contributed by atoms with Gasteiger partial charge in [0.1, 0.15) is 0 Å². The fraction of sp³-hybridized carbons (Fsp3) is 0.385. The van der Waals surface area contributed by atoms with E-state index in [9.17, 15) is 9.59 Å². The van der Waals surface area contributed by atoms with E-state index < -0.39 is 5.97 Å². The van der Waals surface area contributed by atoms with Crippen LogP contribution in [0.3, 0.4) is 0 Å². The van der Waals surface area contributed by atoms with Crippen LogP contribution in [0.4, 0.5) is 5.69 Å². The number of anilines is 1. The number of ether oxygens (including phenoxy) is 1. The van der Waals surface area contributed by atoms with Crippen molar-refractivity contribution < 1.29 is 19.4 Å². The first-order valence-corrected chi connectivity index (χ1v) is 5.87. The van der Waals surface area contributed by atoms with Crippen molar-refractivity contribution in [2.24, 2.45) is 0 Å². The van der Waals surface area contributed by atoms with Gasteiger partial charge in [-0.1, -0.05) is 6.07 Å². The zero-order chi connectivity index (χ0) is 13.1. The summed E-state index contributed by atoms with van der Waals surface area (Å²) in [6.45, 7) is 3.41. The molecule has 0 atom stereocenters. The molecule has 96 valence electrons. The third-order valence-corrected chi connectivity index (χ3v) is 2.93. The molecule has 5 nitrogen and oxygen atoms in total. The molecule has 0 unspecified atom stereocenters. The molecule has 1 aliphatic heterocycles. The van der Waals surface area contributed by atoms with E-state index in [2.05, 4.69) is 0 Å². The predicted octanol–water partition coefficient (Wildman–Crippen LogP) is 1.31. The number of benzene rings is 1. The molecule has 0 spiro atoms. The van der Waals surface area contributed by atoms with Gasteiger partial charge in [0.15, 0.2) is 0 Å². The van der Waals surface area contributed by atoms with E-state index in [1.165, 1.54) is 6.07 Å². The highest BCUT2D eigenvalue weighted by Gasteiger charge is 2.27. The summed E-state index contributed by atoms with van der Waals surface area (Å²) in [5.41, 5.74) is 1.77. The van der Waals surface area contributed by atoms with Crippen LogP contribution in [0.5, 0.6) is 0 Å². The Morgan fingerprint density at radius 3 is 2.94 bits per heavy atom. The average Bonchev–Trinajstić information content (AvgIpc) is 2.65. The van der Waals surface area contributed by atoms with Gasteiger partial charge in [-0.3, -0.25) is 4.79 Å². The van der Waals surface area contributed by atoms with E-state index in [1.807, 2.05) is 6.92 Å². The van der Waals surface area contributed by atoms with Gasteiger partial charge < -0.3 is 14.7 Å². The Kier molecular flexibility index (Phi) is 3.62. The lowest BCUT2D eigenvalue weighted by molar-refractivity contribution is -0.117. The summed E-state index contributed by atoms with van der Waals surface area (Å²) >= 11 is 0. The van der Waals surface area contributed by atoms with Crippen LogP contribution >= 0.6 is 0 Å². The molecule has 0 aromatic heterocycles. The lowest BCUT2D eigenvalue weighted by Crippen LogP contribution is -2.30. The molecule has 0 aliphatic carbocycles. The van der Waals surface area contributed by atoms with Crippen molar-refractivity contribution in [1.29, 1.82) is 0 Å². The maximum absolute atomic E-state index is 11.8. The SMILES string of the molecule is CCOCCN1C(=O)Cc2ccc(C(=O)O)cc21. The van der Waals surface area contributed by atoms with E-state index in [4.69, 9.17) is 9.84 Å². The largest absolute Gasteiger partial charge is 0.478 e. The molecule has 1 aromatic carbocycles. The summed E-state index contributed by atoms with van der Waals surface area (Å²) in [6, 6.07) is 4.78. The molecule has 18 heavy (non-hydrogen) atoms.